The van der Waals surface area contributed by atoms with Crippen LogP contribution in [0, 0.1) is 11.3 Å². The van der Waals surface area contributed by atoms with Gasteiger partial charge in [0, 0.05) is 18.8 Å². The monoisotopic (exact) mass is 378 g/mol. The Kier molecular flexibility index (Phi) is 6.71. The van der Waals surface area contributed by atoms with E-state index in [1.807, 2.05) is 0 Å². The number of carbonyl (C=O) groups excluding carboxylic acids is 1. The van der Waals surface area contributed by atoms with Gasteiger partial charge in [-0.05, 0) is 42.5 Å². The standard InChI is InChI=1S/C18H17F3N4O2/c19-18(20,21)27-14-7-4-6-13(9-14)15(16(23)26)17-24-10-12(11-25-17)5-2-1-3-8-22/h4,6-7,9-11,15H,1-3,5H2,(H2,23,26). The molecule has 0 aliphatic carbocycles. The highest BCUT2D eigenvalue weighted by Crippen LogP contribution is 2.28. The van der Waals surface area contributed by atoms with E-state index in [9.17, 15) is 18.0 Å². The van der Waals surface area contributed by atoms with Crippen LogP contribution in [0.25, 0.3) is 0 Å². The first-order valence-electron chi connectivity index (χ1n) is 8.13. The predicted octanol–water partition coefficient (Wildman–Crippen LogP) is 3.23. The maximum Gasteiger partial charge on any atom is 0.573 e. The van der Waals surface area contributed by atoms with Crippen LogP contribution in [-0.2, 0) is 11.2 Å². The third-order valence-corrected chi connectivity index (χ3v) is 3.70. The number of nitrogens with two attached hydrogens (primary N) is 1. The minimum absolute atomic E-state index is 0.0902. The first-order chi connectivity index (χ1) is 12.8. The van der Waals surface area contributed by atoms with Gasteiger partial charge >= 0.3 is 6.36 Å². The zero-order valence-corrected chi connectivity index (χ0v) is 14.2. The van der Waals surface area contributed by atoms with E-state index >= 15 is 0 Å². The molecular weight excluding hydrogens is 361 g/mol. The smallest absolute Gasteiger partial charge is 0.406 e. The lowest BCUT2D eigenvalue weighted by atomic mass is 9.97. The Balaban J connectivity index is 2.19. The number of carbonyl (C=O) groups is 1. The molecule has 9 heteroatoms. The highest BCUT2D eigenvalue weighted by atomic mass is 19.4. The number of aromatic nitrogens is 2. The van der Waals surface area contributed by atoms with Crippen molar-refractivity contribution in [2.24, 2.45) is 5.73 Å². The zero-order valence-electron chi connectivity index (χ0n) is 14.2. The first kappa shape index (κ1) is 20.2. The summed E-state index contributed by atoms with van der Waals surface area (Å²) in [4.78, 5) is 20.2. The molecule has 142 valence electrons. The molecule has 0 radical (unpaired) electrons. The van der Waals surface area contributed by atoms with Crippen LogP contribution in [0.2, 0.25) is 0 Å². The Morgan fingerprint density at radius 2 is 1.96 bits per heavy atom. The zero-order chi connectivity index (χ0) is 19.9. The second kappa shape index (κ2) is 8.98. The maximum atomic E-state index is 12.4. The number of rotatable bonds is 8. The van der Waals surface area contributed by atoms with Gasteiger partial charge in [-0.1, -0.05) is 12.1 Å². The number of ether oxygens (including phenoxy) is 1. The largest absolute Gasteiger partial charge is 0.573 e. The number of nitrogens with zero attached hydrogens (tertiary/aromatic N) is 3. The molecule has 0 saturated heterocycles. The third-order valence-electron chi connectivity index (χ3n) is 3.70. The maximum absolute atomic E-state index is 12.4. The number of alkyl halides is 3. The van der Waals surface area contributed by atoms with Gasteiger partial charge in [0.1, 0.15) is 17.5 Å². The number of hydrogen-bond acceptors (Lipinski definition) is 5. The molecule has 0 fully saturated rings. The van der Waals surface area contributed by atoms with Crippen LogP contribution in [0.1, 0.15) is 42.1 Å². The van der Waals surface area contributed by atoms with E-state index in [0.717, 1.165) is 30.5 Å². The van der Waals surface area contributed by atoms with E-state index in [1.54, 1.807) is 12.4 Å². The molecule has 1 unspecified atom stereocenters. The molecule has 0 aliphatic rings. The number of amides is 1. The van der Waals surface area contributed by atoms with Crippen LogP contribution in [-0.4, -0.2) is 22.2 Å². The van der Waals surface area contributed by atoms with Crippen LogP contribution in [0.4, 0.5) is 13.2 Å². The summed E-state index contributed by atoms with van der Waals surface area (Å²) in [6, 6.07) is 7.06. The average molecular weight is 378 g/mol. The van der Waals surface area contributed by atoms with Crippen molar-refractivity contribution in [2.75, 3.05) is 0 Å². The van der Waals surface area contributed by atoms with Gasteiger partial charge in [-0.2, -0.15) is 5.26 Å². The lowest BCUT2D eigenvalue weighted by Crippen LogP contribution is -2.24. The fourth-order valence-electron chi connectivity index (χ4n) is 2.51. The number of unbranched alkanes of at least 4 members (excludes halogenated alkanes) is 2. The molecule has 1 aromatic heterocycles. The van der Waals surface area contributed by atoms with E-state index in [1.165, 1.54) is 12.1 Å². The summed E-state index contributed by atoms with van der Waals surface area (Å²) in [5.41, 5.74) is 6.44. The van der Waals surface area contributed by atoms with Crippen LogP contribution in [0.3, 0.4) is 0 Å². The number of hydrogen-bond donors (Lipinski definition) is 1. The molecule has 6 nitrogen and oxygen atoms in total. The lowest BCUT2D eigenvalue weighted by Gasteiger charge is -2.15. The molecular formula is C18H17F3N4O2. The van der Waals surface area contributed by atoms with Gasteiger partial charge in [0.15, 0.2) is 0 Å². The molecule has 0 saturated carbocycles. The second-order valence-electron chi connectivity index (χ2n) is 5.77. The van der Waals surface area contributed by atoms with E-state index < -0.39 is 23.9 Å². The number of nitriles is 1. The highest BCUT2D eigenvalue weighted by molar-refractivity contribution is 5.84. The molecule has 1 amide bonds. The van der Waals surface area contributed by atoms with Crippen molar-refractivity contribution >= 4 is 5.91 Å². The molecule has 1 atom stereocenters. The third kappa shape index (κ3) is 6.26. The molecule has 0 aliphatic heterocycles. The summed E-state index contributed by atoms with van der Waals surface area (Å²) in [7, 11) is 0. The Labute approximate surface area is 153 Å². The molecule has 0 spiro atoms. The number of primary amides is 1. The van der Waals surface area contributed by atoms with Gasteiger partial charge in [0.05, 0.1) is 6.07 Å². The molecule has 2 rings (SSSR count). The van der Waals surface area contributed by atoms with Gasteiger partial charge < -0.3 is 10.5 Å². The molecule has 27 heavy (non-hydrogen) atoms. The average Bonchev–Trinajstić information content (AvgIpc) is 2.59. The van der Waals surface area contributed by atoms with Crippen molar-refractivity contribution in [1.82, 2.24) is 9.97 Å². The van der Waals surface area contributed by atoms with Gasteiger partial charge in [0.25, 0.3) is 0 Å². The summed E-state index contributed by atoms with van der Waals surface area (Å²) < 4.78 is 41.1. The summed E-state index contributed by atoms with van der Waals surface area (Å²) in [5.74, 6) is -2.26. The summed E-state index contributed by atoms with van der Waals surface area (Å²) in [6.45, 7) is 0. The Morgan fingerprint density at radius 3 is 2.56 bits per heavy atom. The van der Waals surface area contributed by atoms with Crippen molar-refractivity contribution in [1.29, 1.82) is 5.26 Å². The van der Waals surface area contributed by atoms with Crippen LogP contribution >= 0.6 is 0 Å². The topological polar surface area (TPSA) is 102 Å². The van der Waals surface area contributed by atoms with E-state index in [4.69, 9.17) is 11.0 Å². The number of aryl methyl sites for hydroxylation is 1. The van der Waals surface area contributed by atoms with Gasteiger partial charge in [-0.25, -0.2) is 9.97 Å². The van der Waals surface area contributed by atoms with E-state index in [0.29, 0.717) is 12.8 Å². The van der Waals surface area contributed by atoms with E-state index in [2.05, 4.69) is 20.8 Å². The van der Waals surface area contributed by atoms with Crippen molar-refractivity contribution in [3.63, 3.8) is 0 Å². The predicted molar refractivity (Wildman–Crippen MR) is 89.4 cm³/mol. The quantitative estimate of drug-likeness (QED) is 0.711. The Morgan fingerprint density at radius 1 is 1.26 bits per heavy atom. The van der Waals surface area contributed by atoms with E-state index in [-0.39, 0.29) is 11.4 Å². The van der Waals surface area contributed by atoms with Gasteiger partial charge in [-0.3, -0.25) is 4.79 Å². The lowest BCUT2D eigenvalue weighted by molar-refractivity contribution is -0.274. The van der Waals surface area contributed by atoms with Crippen molar-refractivity contribution < 1.29 is 22.7 Å². The molecule has 2 N–H and O–H groups in total. The number of halogens is 3. The minimum Gasteiger partial charge on any atom is -0.406 e. The summed E-state index contributed by atoms with van der Waals surface area (Å²) >= 11 is 0. The summed E-state index contributed by atoms with van der Waals surface area (Å²) in [6.07, 6.45) is 0.948. The Bertz CT molecular complexity index is 817. The Hall–Kier alpha value is -3.15. The van der Waals surface area contributed by atoms with Crippen LogP contribution < -0.4 is 10.5 Å². The molecule has 1 heterocycles. The van der Waals surface area contributed by atoms with Gasteiger partial charge in [0.2, 0.25) is 5.91 Å². The fraction of sp³-hybridized carbons (Fsp3) is 0.333. The normalized spacial score (nSPS) is 12.2. The van der Waals surface area contributed by atoms with Crippen molar-refractivity contribution in [3.05, 3.63) is 53.6 Å². The molecule has 2 aromatic rings. The number of benzene rings is 1. The fourth-order valence-corrected chi connectivity index (χ4v) is 2.51. The van der Waals surface area contributed by atoms with Crippen molar-refractivity contribution in [2.45, 2.75) is 38.0 Å². The second-order valence-corrected chi connectivity index (χ2v) is 5.77. The SMILES string of the molecule is N#CCCCCc1cnc(C(C(N)=O)c2cccc(OC(F)(F)F)c2)nc1. The van der Waals surface area contributed by atoms with Crippen LogP contribution in [0.15, 0.2) is 36.7 Å². The first-order valence-corrected chi connectivity index (χ1v) is 8.13. The van der Waals surface area contributed by atoms with Crippen molar-refractivity contribution in [3.8, 4) is 11.8 Å². The van der Waals surface area contributed by atoms with Crippen LogP contribution in [0.5, 0.6) is 5.75 Å². The minimum atomic E-state index is -4.84. The highest BCUT2D eigenvalue weighted by Gasteiger charge is 2.32. The molecule has 1 aromatic carbocycles. The summed E-state index contributed by atoms with van der Waals surface area (Å²) in [5, 5.41) is 8.51. The molecule has 0 bridgehead atoms. The van der Waals surface area contributed by atoms with Gasteiger partial charge in [-0.15, -0.1) is 13.2 Å².